The van der Waals surface area contributed by atoms with Crippen molar-refractivity contribution in [1.29, 1.82) is 0 Å². The van der Waals surface area contributed by atoms with E-state index in [2.05, 4.69) is 5.92 Å². The van der Waals surface area contributed by atoms with Crippen molar-refractivity contribution < 1.29 is 23.4 Å². The summed E-state index contributed by atoms with van der Waals surface area (Å²) < 4.78 is 25.7. The second-order valence-electron chi connectivity index (χ2n) is 3.85. The van der Waals surface area contributed by atoms with Gasteiger partial charge in [0.05, 0.1) is 11.0 Å². The molecule has 0 saturated heterocycles. The van der Waals surface area contributed by atoms with Crippen LogP contribution in [-0.2, 0) is 14.8 Å². The van der Waals surface area contributed by atoms with Crippen LogP contribution in [0.5, 0.6) is 0 Å². The first-order valence-corrected chi connectivity index (χ1v) is 6.76. The number of carboxylic acids is 1. The molecule has 1 aromatic rings. The molecule has 0 heterocycles. The van der Waals surface area contributed by atoms with E-state index in [-0.39, 0.29) is 4.90 Å². The second-order valence-corrected chi connectivity index (χ2v) is 5.56. The van der Waals surface area contributed by atoms with Crippen molar-refractivity contribution in [1.82, 2.24) is 4.72 Å². The number of rotatable bonds is 5. The van der Waals surface area contributed by atoms with Crippen LogP contribution in [0.3, 0.4) is 0 Å². The molecule has 6 nitrogen and oxygen atoms in total. The molecule has 0 bridgehead atoms. The van der Waals surface area contributed by atoms with Crippen LogP contribution in [0.25, 0.3) is 0 Å². The van der Waals surface area contributed by atoms with Crippen LogP contribution >= 0.6 is 0 Å². The average molecular weight is 283 g/mol. The molecule has 19 heavy (non-hydrogen) atoms. The Kier molecular flexibility index (Phi) is 4.67. The zero-order chi connectivity index (χ0) is 14.6. The predicted molar refractivity (Wildman–Crippen MR) is 67.8 cm³/mol. The normalized spacial score (nSPS) is 14.4. The second kappa shape index (κ2) is 5.84. The third-order valence-electron chi connectivity index (χ3n) is 2.36. The van der Waals surface area contributed by atoms with Crippen molar-refractivity contribution in [3.05, 3.63) is 29.8 Å². The number of carbonyl (C=O) groups is 1. The highest BCUT2D eigenvalue weighted by molar-refractivity contribution is 7.89. The van der Waals surface area contributed by atoms with Gasteiger partial charge in [0.1, 0.15) is 6.04 Å². The fraction of sp³-hybridized carbons (Fsp3) is 0.250. The predicted octanol–water partition coefficient (Wildman–Crippen LogP) is -0.220. The standard InChI is InChI=1S/C12H13NO5S/c1-3-9-4-6-10(7-5-9)19(17,18)13-11(8(2)14)12(15)16/h1,4-8,11,13-14H,2H3,(H,15,16)/t8-,11+/m1/s1. The van der Waals surface area contributed by atoms with Crippen LogP contribution in [0.4, 0.5) is 0 Å². The Morgan fingerprint density at radius 1 is 1.37 bits per heavy atom. The molecule has 1 rings (SSSR count). The molecule has 0 fully saturated rings. The fourth-order valence-corrected chi connectivity index (χ4v) is 2.58. The van der Waals surface area contributed by atoms with Crippen molar-refractivity contribution >= 4 is 16.0 Å². The Morgan fingerprint density at radius 2 is 1.89 bits per heavy atom. The molecule has 0 aliphatic carbocycles. The molecule has 0 amide bonds. The van der Waals surface area contributed by atoms with Gasteiger partial charge in [0.25, 0.3) is 0 Å². The van der Waals surface area contributed by atoms with E-state index in [1.54, 1.807) is 0 Å². The van der Waals surface area contributed by atoms with E-state index < -0.39 is 28.1 Å². The number of sulfonamides is 1. The van der Waals surface area contributed by atoms with Crippen LogP contribution in [-0.4, -0.2) is 36.7 Å². The summed E-state index contributed by atoms with van der Waals surface area (Å²) >= 11 is 0. The van der Waals surface area contributed by atoms with Gasteiger partial charge in [-0.3, -0.25) is 4.79 Å². The topological polar surface area (TPSA) is 104 Å². The third-order valence-corrected chi connectivity index (χ3v) is 3.82. The van der Waals surface area contributed by atoms with Crippen molar-refractivity contribution in [2.75, 3.05) is 0 Å². The van der Waals surface area contributed by atoms with E-state index in [0.717, 1.165) is 0 Å². The van der Waals surface area contributed by atoms with Crippen molar-refractivity contribution in [3.63, 3.8) is 0 Å². The lowest BCUT2D eigenvalue weighted by Gasteiger charge is -2.17. The first kappa shape index (κ1) is 15.2. The number of terminal acetylenes is 1. The van der Waals surface area contributed by atoms with E-state index in [9.17, 15) is 18.3 Å². The van der Waals surface area contributed by atoms with Gasteiger partial charge in [0.2, 0.25) is 10.0 Å². The summed E-state index contributed by atoms with van der Waals surface area (Å²) in [4.78, 5) is 10.7. The molecule has 1 aromatic carbocycles. The van der Waals surface area contributed by atoms with Gasteiger partial charge in [-0.05, 0) is 31.2 Å². The minimum Gasteiger partial charge on any atom is -0.480 e. The lowest BCUT2D eigenvalue weighted by molar-refractivity contribution is -0.141. The number of benzene rings is 1. The fourth-order valence-electron chi connectivity index (χ4n) is 1.32. The summed E-state index contributed by atoms with van der Waals surface area (Å²) in [5.74, 6) is 0.874. The number of hydrogen-bond donors (Lipinski definition) is 3. The molecule has 0 spiro atoms. The highest BCUT2D eigenvalue weighted by Gasteiger charge is 2.29. The summed E-state index contributed by atoms with van der Waals surface area (Å²) in [5, 5.41) is 18.1. The molecule has 3 N–H and O–H groups in total. The molecule has 0 aromatic heterocycles. The quantitative estimate of drug-likeness (QED) is 0.648. The number of hydrogen-bond acceptors (Lipinski definition) is 4. The molecule has 0 aliphatic heterocycles. The maximum Gasteiger partial charge on any atom is 0.324 e. The van der Waals surface area contributed by atoms with E-state index in [0.29, 0.717) is 5.56 Å². The molecular weight excluding hydrogens is 270 g/mol. The van der Waals surface area contributed by atoms with Crippen molar-refractivity contribution in [2.24, 2.45) is 0 Å². The van der Waals surface area contributed by atoms with Crippen LogP contribution in [0.1, 0.15) is 12.5 Å². The minimum atomic E-state index is -4.03. The smallest absolute Gasteiger partial charge is 0.324 e. The van der Waals surface area contributed by atoms with Gasteiger partial charge in [-0.25, -0.2) is 8.42 Å². The highest BCUT2D eigenvalue weighted by atomic mass is 32.2. The van der Waals surface area contributed by atoms with Crippen LogP contribution in [0.15, 0.2) is 29.2 Å². The Hall–Kier alpha value is -1.88. The van der Waals surface area contributed by atoms with Gasteiger partial charge in [0, 0.05) is 5.56 Å². The summed E-state index contributed by atoms with van der Waals surface area (Å²) in [7, 11) is -4.03. The van der Waals surface area contributed by atoms with Crippen LogP contribution in [0.2, 0.25) is 0 Å². The van der Waals surface area contributed by atoms with Crippen molar-refractivity contribution in [2.45, 2.75) is 24.0 Å². The van der Waals surface area contributed by atoms with Gasteiger partial charge < -0.3 is 10.2 Å². The average Bonchev–Trinajstić information content (AvgIpc) is 2.35. The van der Waals surface area contributed by atoms with E-state index in [1.807, 2.05) is 4.72 Å². The maximum absolute atomic E-state index is 11.9. The molecule has 7 heteroatoms. The lowest BCUT2D eigenvalue weighted by Crippen LogP contribution is -2.47. The van der Waals surface area contributed by atoms with E-state index in [4.69, 9.17) is 11.5 Å². The lowest BCUT2D eigenvalue weighted by atomic mass is 10.2. The van der Waals surface area contributed by atoms with Crippen molar-refractivity contribution in [3.8, 4) is 12.3 Å². The number of nitrogens with one attached hydrogen (secondary N) is 1. The first-order valence-electron chi connectivity index (χ1n) is 5.28. The van der Waals surface area contributed by atoms with E-state index in [1.165, 1.54) is 31.2 Å². The molecule has 0 aliphatic rings. The summed E-state index contributed by atoms with van der Waals surface area (Å²) in [6, 6.07) is 3.76. The zero-order valence-corrected chi connectivity index (χ0v) is 10.9. The zero-order valence-electron chi connectivity index (χ0n) is 10.1. The number of aliphatic hydroxyl groups excluding tert-OH is 1. The molecule has 2 atom stereocenters. The summed E-state index contributed by atoms with van der Waals surface area (Å²) in [6.45, 7) is 1.18. The van der Waals surface area contributed by atoms with Gasteiger partial charge in [-0.15, -0.1) is 6.42 Å². The Morgan fingerprint density at radius 3 is 2.26 bits per heavy atom. The first-order chi connectivity index (χ1) is 8.77. The molecule has 102 valence electrons. The molecule has 0 radical (unpaired) electrons. The van der Waals surface area contributed by atoms with E-state index >= 15 is 0 Å². The monoisotopic (exact) mass is 283 g/mol. The minimum absolute atomic E-state index is 0.126. The maximum atomic E-state index is 11.9. The molecule has 0 saturated carbocycles. The summed E-state index contributed by atoms with van der Waals surface area (Å²) in [5.41, 5.74) is 0.504. The van der Waals surface area contributed by atoms with Gasteiger partial charge in [-0.1, -0.05) is 5.92 Å². The Labute approximate surface area is 111 Å². The van der Waals surface area contributed by atoms with Gasteiger partial charge in [0.15, 0.2) is 0 Å². The number of aliphatic hydroxyl groups is 1. The third kappa shape index (κ3) is 3.79. The largest absolute Gasteiger partial charge is 0.480 e. The molecule has 0 unspecified atom stereocenters. The Balaban J connectivity index is 3.03. The van der Waals surface area contributed by atoms with Crippen LogP contribution in [0, 0.1) is 12.3 Å². The Bertz CT molecular complexity index is 598. The molecular formula is C12H13NO5S. The number of carboxylic acid groups (broad SMARTS) is 1. The highest BCUT2D eigenvalue weighted by Crippen LogP contribution is 2.11. The number of aliphatic carboxylic acids is 1. The van der Waals surface area contributed by atoms with Gasteiger partial charge in [-0.2, -0.15) is 4.72 Å². The SMILES string of the molecule is C#Cc1ccc(S(=O)(=O)N[C@H](C(=O)O)[C@@H](C)O)cc1. The van der Waals surface area contributed by atoms with Gasteiger partial charge >= 0.3 is 5.97 Å². The van der Waals surface area contributed by atoms with Crippen LogP contribution < -0.4 is 4.72 Å². The summed E-state index contributed by atoms with van der Waals surface area (Å²) in [6.07, 6.45) is 3.78.